The van der Waals surface area contributed by atoms with Gasteiger partial charge in [-0.05, 0) is 17.7 Å². The molecule has 0 saturated heterocycles. The second-order valence-electron chi connectivity index (χ2n) is 2.79. The van der Waals surface area contributed by atoms with Crippen LogP contribution >= 0.6 is 0 Å². The van der Waals surface area contributed by atoms with E-state index in [1.165, 1.54) is 0 Å². The van der Waals surface area contributed by atoms with Crippen LogP contribution in [0.5, 0.6) is 5.75 Å². The van der Waals surface area contributed by atoms with E-state index in [0.29, 0.717) is 6.54 Å². The molecule has 0 atom stereocenters. The maximum atomic E-state index is 9.10. The van der Waals surface area contributed by atoms with Crippen molar-refractivity contribution in [3.8, 4) is 5.75 Å². The minimum absolute atomic E-state index is 0.462. The highest BCUT2D eigenvalue weighted by atomic mass is 16.5. The molecule has 0 unspecified atom stereocenters. The number of methoxy groups -OCH3 is 1. The highest BCUT2D eigenvalue weighted by molar-refractivity contribution is 6.27. The van der Waals surface area contributed by atoms with Crippen molar-refractivity contribution in [2.75, 3.05) is 7.11 Å². The zero-order valence-corrected chi connectivity index (χ0v) is 9.08. The fraction of sp³-hybridized carbons (Fsp3) is 0.200. The van der Waals surface area contributed by atoms with E-state index in [1.54, 1.807) is 7.11 Å². The maximum absolute atomic E-state index is 9.10. The van der Waals surface area contributed by atoms with Gasteiger partial charge in [-0.15, -0.1) is 0 Å². The van der Waals surface area contributed by atoms with Crippen molar-refractivity contribution in [3.05, 3.63) is 29.8 Å². The fourth-order valence-corrected chi connectivity index (χ4v) is 0.835. The Hall–Kier alpha value is -2.12. The minimum atomic E-state index is -1.82. The average molecular weight is 243 g/mol. The Labute approximate surface area is 97.2 Å². The first-order chi connectivity index (χ1) is 8.01. The predicted molar refractivity (Wildman–Crippen MR) is 56.9 cm³/mol. The number of carboxylic acid groups (broad SMARTS) is 2. The number of carboxylic acids is 2. The topological polar surface area (TPSA) is 116 Å². The minimum Gasteiger partial charge on any atom is -0.497 e. The molecule has 0 spiro atoms. The van der Waals surface area contributed by atoms with Crippen molar-refractivity contribution in [2.24, 2.45) is 0 Å². The van der Waals surface area contributed by atoms with Gasteiger partial charge in [0.15, 0.2) is 0 Å². The van der Waals surface area contributed by atoms with Gasteiger partial charge in [0, 0.05) is 6.54 Å². The fourth-order valence-electron chi connectivity index (χ4n) is 0.835. The number of ether oxygens (including phenoxy) is 1. The number of hydrogen-bond donors (Lipinski definition) is 4. The maximum Gasteiger partial charge on any atom is 0.414 e. The summed E-state index contributed by atoms with van der Waals surface area (Å²) in [5, 5.41) is 23.1. The van der Waals surface area contributed by atoms with Gasteiger partial charge in [0.05, 0.1) is 7.11 Å². The molecule has 0 amide bonds. The lowest BCUT2D eigenvalue weighted by Crippen LogP contribution is -2.09. The highest BCUT2D eigenvalue weighted by Crippen LogP contribution is 2.10. The Morgan fingerprint density at radius 3 is 1.94 bits per heavy atom. The van der Waals surface area contributed by atoms with E-state index in [1.807, 2.05) is 24.3 Å². The van der Waals surface area contributed by atoms with Crippen molar-refractivity contribution in [3.63, 3.8) is 0 Å². The van der Waals surface area contributed by atoms with Gasteiger partial charge in [-0.1, -0.05) is 12.1 Å². The summed E-state index contributed by atoms with van der Waals surface area (Å²) in [6.45, 7) is 0.462. The second-order valence-corrected chi connectivity index (χ2v) is 2.79. The van der Waals surface area contributed by atoms with E-state index >= 15 is 0 Å². The number of carbonyl (C=O) groups is 2. The molecule has 0 heterocycles. The van der Waals surface area contributed by atoms with Crippen molar-refractivity contribution >= 4 is 11.9 Å². The third-order valence-electron chi connectivity index (χ3n) is 1.63. The summed E-state index contributed by atoms with van der Waals surface area (Å²) in [6.07, 6.45) is 0. The molecular weight excluding hydrogens is 230 g/mol. The molecule has 0 saturated carbocycles. The van der Waals surface area contributed by atoms with E-state index in [4.69, 9.17) is 29.7 Å². The number of aliphatic carboxylic acids is 2. The van der Waals surface area contributed by atoms with Crippen LogP contribution in [-0.2, 0) is 16.1 Å². The van der Waals surface area contributed by atoms with E-state index in [0.717, 1.165) is 11.3 Å². The third kappa shape index (κ3) is 6.88. The highest BCUT2D eigenvalue weighted by Gasteiger charge is 2.04. The molecule has 4 N–H and O–H groups in total. The number of hydroxylamine groups is 1. The molecule has 7 heteroatoms. The Kier molecular flexibility index (Phi) is 7.07. The zero-order valence-electron chi connectivity index (χ0n) is 9.08. The SMILES string of the molecule is COc1ccc(CNO)cc1.O=C(O)C(=O)O. The van der Waals surface area contributed by atoms with Crippen LogP contribution in [0.15, 0.2) is 24.3 Å². The number of rotatable bonds is 3. The van der Waals surface area contributed by atoms with Crippen LogP contribution in [0.2, 0.25) is 0 Å². The number of nitrogens with one attached hydrogen (secondary N) is 1. The van der Waals surface area contributed by atoms with E-state index in [-0.39, 0.29) is 0 Å². The van der Waals surface area contributed by atoms with Gasteiger partial charge in [0.2, 0.25) is 0 Å². The first kappa shape index (κ1) is 14.9. The largest absolute Gasteiger partial charge is 0.497 e. The van der Waals surface area contributed by atoms with Crippen molar-refractivity contribution in [1.82, 2.24) is 5.48 Å². The van der Waals surface area contributed by atoms with Crippen LogP contribution in [0.25, 0.3) is 0 Å². The molecule has 1 aromatic rings. The Bertz CT molecular complexity index is 350. The molecular formula is C10H13NO6. The monoisotopic (exact) mass is 243 g/mol. The van der Waals surface area contributed by atoms with Gasteiger partial charge in [0.1, 0.15) is 5.75 Å². The van der Waals surface area contributed by atoms with Gasteiger partial charge < -0.3 is 20.2 Å². The van der Waals surface area contributed by atoms with Gasteiger partial charge in [-0.3, -0.25) is 0 Å². The number of benzene rings is 1. The Balaban J connectivity index is 0.000000366. The summed E-state index contributed by atoms with van der Waals surface area (Å²) < 4.78 is 4.96. The molecule has 0 aliphatic heterocycles. The summed E-state index contributed by atoms with van der Waals surface area (Å²) in [6, 6.07) is 7.49. The molecule has 94 valence electrons. The Morgan fingerprint density at radius 2 is 1.65 bits per heavy atom. The van der Waals surface area contributed by atoms with E-state index in [2.05, 4.69) is 5.48 Å². The van der Waals surface area contributed by atoms with Gasteiger partial charge in [0.25, 0.3) is 0 Å². The van der Waals surface area contributed by atoms with Crippen LogP contribution in [0, 0.1) is 0 Å². The zero-order chi connectivity index (χ0) is 13.3. The van der Waals surface area contributed by atoms with Crippen molar-refractivity contribution in [2.45, 2.75) is 6.54 Å². The smallest absolute Gasteiger partial charge is 0.414 e. The molecule has 1 rings (SSSR count). The van der Waals surface area contributed by atoms with E-state index < -0.39 is 11.9 Å². The lowest BCUT2D eigenvalue weighted by molar-refractivity contribution is -0.159. The first-order valence-electron chi connectivity index (χ1n) is 4.47. The summed E-state index contributed by atoms with van der Waals surface area (Å²) in [7, 11) is 1.62. The lowest BCUT2D eigenvalue weighted by atomic mass is 10.2. The molecule has 1 aromatic carbocycles. The molecule has 0 aliphatic carbocycles. The van der Waals surface area contributed by atoms with Crippen LogP contribution < -0.4 is 10.2 Å². The second kappa shape index (κ2) is 8.08. The van der Waals surface area contributed by atoms with Gasteiger partial charge in [-0.25, -0.2) is 15.1 Å². The van der Waals surface area contributed by atoms with Crippen LogP contribution in [0.4, 0.5) is 0 Å². The molecule has 0 radical (unpaired) electrons. The first-order valence-corrected chi connectivity index (χ1v) is 4.47. The molecule has 17 heavy (non-hydrogen) atoms. The standard InChI is InChI=1S/C8H11NO2.C2H2O4/c1-11-8-4-2-7(3-5-8)6-9-10;3-1(4)2(5)6/h2-5,9-10H,6H2,1H3;(H,3,4)(H,5,6). The lowest BCUT2D eigenvalue weighted by Gasteiger charge is -2.01. The quantitative estimate of drug-likeness (QED) is 0.446. The molecule has 0 fully saturated rings. The third-order valence-corrected chi connectivity index (χ3v) is 1.63. The summed E-state index contributed by atoms with van der Waals surface area (Å²) in [4.78, 5) is 18.2. The molecule has 0 bridgehead atoms. The summed E-state index contributed by atoms with van der Waals surface area (Å²) in [5.41, 5.74) is 3.10. The van der Waals surface area contributed by atoms with Gasteiger partial charge >= 0.3 is 11.9 Å². The normalized spacial score (nSPS) is 8.82. The van der Waals surface area contributed by atoms with Crippen molar-refractivity contribution in [1.29, 1.82) is 0 Å². The van der Waals surface area contributed by atoms with Crippen LogP contribution in [0.1, 0.15) is 5.56 Å². The van der Waals surface area contributed by atoms with E-state index in [9.17, 15) is 0 Å². The van der Waals surface area contributed by atoms with Crippen LogP contribution in [-0.4, -0.2) is 34.5 Å². The number of hydrogen-bond acceptors (Lipinski definition) is 5. The van der Waals surface area contributed by atoms with Gasteiger partial charge in [-0.2, -0.15) is 0 Å². The van der Waals surface area contributed by atoms with Crippen molar-refractivity contribution < 1.29 is 29.7 Å². The average Bonchev–Trinajstić information content (AvgIpc) is 2.31. The van der Waals surface area contributed by atoms with Crippen LogP contribution in [0.3, 0.4) is 0 Å². The predicted octanol–water partition coefficient (Wildman–Crippen LogP) is 0.330. The summed E-state index contributed by atoms with van der Waals surface area (Å²) in [5.74, 6) is -2.82. The molecule has 7 nitrogen and oxygen atoms in total. The Morgan fingerprint density at radius 1 is 1.18 bits per heavy atom. The summed E-state index contributed by atoms with van der Waals surface area (Å²) >= 11 is 0. The molecule has 0 aliphatic rings. The molecule has 0 aromatic heterocycles.